The van der Waals surface area contributed by atoms with Crippen LogP contribution in [-0.4, -0.2) is 37.4 Å². The topological polar surface area (TPSA) is 83.4 Å². The molecule has 171 valence electrons. The first-order valence-corrected chi connectivity index (χ1v) is 10.7. The minimum absolute atomic E-state index is 0. The van der Waals surface area contributed by atoms with Gasteiger partial charge in [-0.3, -0.25) is 0 Å². The summed E-state index contributed by atoms with van der Waals surface area (Å²) >= 11 is 3.43. The maximum absolute atomic E-state index is 7.50. The normalized spacial score (nSPS) is 9.94. The van der Waals surface area contributed by atoms with E-state index in [2.05, 4.69) is 33.2 Å². The molecule has 1 N–H and O–H groups in total. The first kappa shape index (κ1) is 28.4. The predicted molar refractivity (Wildman–Crippen MR) is 128 cm³/mol. The Kier molecular flexibility index (Phi) is 12.9. The van der Waals surface area contributed by atoms with Gasteiger partial charge in [0.05, 0.1) is 43.5 Å². The number of imidazole rings is 1. The van der Waals surface area contributed by atoms with Crippen LogP contribution >= 0.6 is 15.9 Å². The van der Waals surface area contributed by atoms with Gasteiger partial charge in [-0.05, 0) is 52.7 Å². The van der Waals surface area contributed by atoms with E-state index in [4.69, 9.17) is 19.9 Å². The number of rotatable bonds is 8. The van der Waals surface area contributed by atoms with Gasteiger partial charge in [0.1, 0.15) is 17.2 Å². The summed E-state index contributed by atoms with van der Waals surface area (Å²) in [5.74, 6) is 2.33. The zero-order valence-corrected chi connectivity index (χ0v) is 23.6. The third-order valence-corrected chi connectivity index (χ3v) is 5.01. The van der Waals surface area contributed by atoms with E-state index in [1.165, 1.54) is 0 Å². The largest absolute Gasteiger partial charge is 0.699 e. The number of nitrogens with zero attached hydrogens (tertiary/aromatic N) is 3. The van der Waals surface area contributed by atoms with Crippen molar-refractivity contribution in [2.75, 3.05) is 27.9 Å². The second-order valence-corrected chi connectivity index (χ2v) is 7.57. The van der Waals surface area contributed by atoms with E-state index in [0.29, 0.717) is 18.0 Å². The second kappa shape index (κ2) is 14.5. The Morgan fingerprint density at radius 2 is 1.72 bits per heavy atom. The van der Waals surface area contributed by atoms with E-state index in [1.54, 1.807) is 39.8 Å². The van der Waals surface area contributed by atoms with Gasteiger partial charge in [0, 0.05) is 38.9 Å². The maximum Gasteiger partial charge on any atom is 0.141 e. The Bertz CT molecular complexity index is 982. The van der Waals surface area contributed by atoms with Crippen molar-refractivity contribution >= 4 is 21.6 Å². The number of halogens is 1. The van der Waals surface area contributed by atoms with Crippen LogP contribution in [0.5, 0.6) is 17.2 Å². The van der Waals surface area contributed by atoms with Crippen molar-refractivity contribution in [2.24, 2.45) is 0 Å². The van der Waals surface area contributed by atoms with Gasteiger partial charge in [0.2, 0.25) is 0 Å². The summed E-state index contributed by atoms with van der Waals surface area (Å²) in [4.78, 5) is 4.15. The molecule has 0 amide bonds. The van der Waals surface area contributed by atoms with Crippen molar-refractivity contribution in [1.82, 2.24) is 9.55 Å². The third-order valence-electron chi connectivity index (χ3n) is 4.39. The van der Waals surface area contributed by atoms with Crippen LogP contribution in [0.1, 0.15) is 24.6 Å². The molecule has 9 heteroatoms. The maximum atomic E-state index is 7.50. The quantitative estimate of drug-likeness (QED) is 0.282. The fourth-order valence-electron chi connectivity index (χ4n) is 2.85. The van der Waals surface area contributed by atoms with Crippen LogP contribution in [0, 0.1) is 6.92 Å². The average molecular weight is 578 g/mol. The monoisotopic (exact) mass is 577 g/mol. The van der Waals surface area contributed by atoms with Gasteiger partial charge in [-0.25, -0.2) is 4.98 Å². The van der Waals surface area contributed by atoms with E-state index in [0.717, 1.165) is 45.9 Å². The van der Waals surface area contributed by atoms with Gasteiger partial charge < -0.3 is 29.8 Å². The van der Waals surface area contributed by atoms with Crippen LogP contribution < -0.4 is 14.2 Å². The van der Waals surface area contributed by atoms with Crippen LogP contribution in [0.4, 0.5) is 5.69 Å². The Balaban J connectivity index is 0.000000311. The van der Waals surface area contributed by atoms with Crippen LogP contribution in [0.2, 0.25) is 0 Å². The zero-order valence-electron chi connectivity index (χ0n) is 19.2. The third kappa shape index (κ3) is 8.07. The van der Waals surface area contributed by atoms with E-state index in [9.17, 15) is 0 Å². The molecule has 0 saturated carbocycles. The van der Waals surface area contributed by atoms with Gasteiger partial charge in [-0.1, -0.05) is 19.4 Å². The fourth-order valence-corrected chi connectivity index (χ4v) is 3.33. The number of benzene rings is 2. The van der Waals surface area contributed by atoms with E-state index < -0.39 is 0 Å². The van der Waals surface area contributed by atoms with Gasteiger partial charge in [0.15, 0.2) is 0 Å². The molecule has 1 heterocycles. The minimum Gasteiger partial charge on any atom is -0.699 e. The summed E-state index contributed by atoms with van der Waals surface area (Å²) < 4.78 is 18.6. The predicted octanol–water partition coefficient (Wildman–Crippen LogP) is 6.62. The molecule has 0 aliphatic rings. The van der Waals surface area contributed by atoms with Crippen LogP contribution in [0.25, 0.3) is 16.7 Å². The van der Waals surface area contributed by atoms with Crippen molar-refractivity contribution in [2.45, 2.75) is 26.8 Å². The molecule has 0 atom stereocenters. The van der Waals surface area contributed by atoms with Crippen LogP contribution in [-0.2, 0) is 39.3 Å². The zero-order chi connectivity index (χ0) is 22.8. The molecule has 0 spiro atoms. The Morgan fingerprint density at radius 3 is 2.28 bits per heavy atom. The number of nitrogens with one attached hydrogen (secondary N) is 1. The van der Waals surface area contributed by atoms with Crippen molar-refractivity contribution in [3.8, 4) is 22.9 Å². The molecule has 0 saturated heterocycles. The first-order chi connectivity index (χ1) is 14.9. The standard InChI is InChI=1S/C12H17BrNO2.C11H12N3O.Y/c1-4-5-14-8-9-6-12(16-3)10(13)7-11(9)15-2;1-8-6-14(7-13-8)10-4-3-9(12)5-11(10)15-2;/h6-7H,4-5,8H2,1-3H3;3-7,12H,1-2H3;/q2*-1;. The Hall–Kier alpha value is -1.61. The molecule has 7 nitrogen and oxygen atoms in total. The molecule has 0 unspecified atom stereocenters. The van der Waals surface area contributed by atoms with Crippen molar-refractivity contribution in [3.05, 3.63) is 69.6 Å². The van der Waals surface area contributed by atoms with Crippen molar-refractivity contribution in [3.63, 3.8) is 0 Å². The average Bonchev–Trinajstić information content (AvgIpc) is 3.20. The molecular formula is C23H29BrN4O3Y-2. The summed E-state index contributed by atoms with van der Waals surface area (Å²) in [6, 6.07) is 9.14. The van der Waals surface area contributed by atoms with Gasteiger partial charge in [0.25, 0.3) is 0 Å². The van der Waals surface area contributed by atoms with E-state index in [-0.39, 0.29) is 32.7 Å². The van der Waals surface area contributed by atoms with Gasteiger partial charge >= 0.3 is 0 Å². The fraction of sp³-hybridized carbons (Fsp3) is 0.348. The summed E-state index contributed by atoms with van der Waals surface area (Å²) in [6.07, 6.45) is 4.72. The summed E-state index contributed by atoms with van der Waals surface area (Å²) in [5.41, 5.74) is 10.8. The number of hydrogen-bond donors (Lipinski definition) is 0. The Morgan fingerprint density at radius 1 is 1.03 bits per heavy atom. The van der Waals surface area contributed by atoms with E-state index in [1.807, 2.05) is 35.9 Å². The molecule has 0 aliphatic carbocycles. The molecule has 3 rings (SSSR count). The molecule has 0 aliphatic heterocycles. The van der Waals surface area contributed by atoms with E-state index >= 15 is 0 Å². The number of aromatic nitrogens is 2. The molecule has 0 fully saturated rings. The molecule has 1 radical (unpaired) electrons. The second-order valence-electron chi connectivity index (χ2n) is 6.71. The van der Waals surface area contributed by atoms with Crippen LogP contribution in [0.3, 0.4) is 0 Å². The minimum atomic E-state index is 0. The smallest absolute Gasteiger partial charge is 0.141 e. The Labute approximate surface area is 224 Å². The SMILES string of the molecule is CCC[N-]Cc1cc(OC)c(Br)cc1OC.COc1cc([NH-])ccc1-n1cnc(C)c1.[Y]. The molecular weight excluding hydrogens is 549 g/mol. The van der Waals surface area contributed by atoms with Crippen molar-refractivity contribution < 1.29 is 46.9 Å². The summed E-state index contributed by atoms with van der Waals surface area (Å²) in [5, 5.41) is 4.42. The van der Waals surface area contributed by atoms with Gasteiger partial charge in [-0.15, -0.1) is 18.8 Å². The molecule has 32 heavy (non-hydrogen) atoms. The summed E-state index contributed by atoms with van der Waals surface area (Å²) in [6.45, 7) is 5.59. The number of hydrogen-bond acceptors (Lipinski definition) is 4. The summed E-state index contributed by atoms with van der Waals surface area (Å²) in [7, 11) is 4.92. The first-order valence-electron chi connectivity index (χ1n) is 9.87. The number of methoxy groups -OCH3 is 3. The van der Waals surface area contributed by atoms with Crippen molar-refractivity contribution in [1.29, 1.82) is 0 Å². The molecule has 0 bridgehead atoms. The number of ether oxygens (including phenoxy) is 3. The molecule has 2 aromatic carbocycles. The van der Waals surface area contributed by atoms with Gasteiger partial charge in [-0.2, -0.15) is 0 Å². The molecule has 3 aromatic rings. The number of aryl methyl sites for hydroxylation is 1. The van der Waals surface area contributed by atoms with Crippen LogP contribution in [0.15, 0.2) is 47.3 Å². The molecule has 1 aromatic heterocycles.